The van der Waals surface area contributed by atoms with E-state index in [1.807, 2.05) is 6.92 Å². The van der Waals surface area contributed by atoms with Crippen LogP contribution in [0.5, 0.6) is 0 Å². The van der Waals surface area contributed by atoms with Crippen LogP contribution < -0.4 is 5.73 Å². The number of carbonyl (C=O) groups is 1. The largest absolute Gasteiger partial charge is 0.479 e. The maximum absolute atomic E-state index is 10.7. The smallest absolute Gasteiger partial charge is 0.333 e. The van der Waals surface area contributed by atoms with Gasteiger partial charge in [0.25, 0.3) is 0 Å². The molecular formula is C9H17NO3. The molecule has 4 heteroatoms. The molecule has 1 aliphatic rings. The summed E-state index contributed by atoms with van der Waals surface area (Å²) in [5.74, 6) is -0.956. The van der Waals surface area contributed by atoms with Crippen LogP contribution in [0.1, 0.15) is 26.2 Å². The molecule has 0 saturated heterocycles. The van der Waals surface area contributed by atoms with Gasteiger partial charge in [-0.25, -0.2) is 4.79 Å². The van der Waals surface area contributed by atoms with E-state index in [1.54, 1.807) is 0 Å². The van der Waals surface area contributed by atoms with Gasteiger partial charge in [-0.3, -0.25) is 0 Å². The maximum atomic E-state index is 10.7. The molecule has 1 saturated carbocycles. The second kappa shape index (κ2) is 3.64. The third-order valence-corrected chi connectivity index (χ3v) is 3.42. The zero-order chi connectivity index (χ0) is 10.1. The standard InChI is InChI=1S/C9H17NO3/c1-6-3-2-4-9(6,5-10)7(11)8(12)13/h6-7,11H,2-5,10H2,1H3,(H,12,13). The van der Waals surface area contributed by atoms with Gasteiger partial charge < -0.3 is 15.9 Å². The molecule has 1 fully saturated rings. The molecule has 76 valence electrons. The highest BCUT2D eigenvalue weighted by molar-refractivity contribution is 5.73. The number of aliphatic hydroxyl groups is 1. The number of carboxylic acid groups (broad SMARTS) is 1. The Morgan fingerprint density at radius 3 is 2.69 bits per heavy atom. The number of aliphatic hydroxyl groups excluding tert-OH is 1. The van der Waals surface area contributed by atoms with Gasteiger partial charge in [-0.2, -0.15) is 0 Å². The fourth-order valence-corrected chi connectivity index (χ4v) is 2.34. The van der Waals surface area contributed by atoms with Crippen LogP contribution in [0.3, 0.4) is 0 Å². The Morgan fingerprint density at radius 1 is 1.77 bits per heavy atom. The van der Waals surface area contributed by atoms with Crippen molar-refractivity contribution in [3.8, 4) is 0 Å². The first-order chi connectivity index (χ1) is 6.04. The lowest BCUT2D eigenvalue weighted by atomic mass is 9.74. The van der Waals surface area contributed by atoms with E-state index in [0.717, 1.165) is 19.3 Å². The van der Waals surface area contributed by atoms with Crippen molar-refractivity contribution < 1.29 is 15.0 Å². The number of carboxylic acids is 1. The summed E-state index contributed by atoms with van der Waals surface area (Å²) in [5.41, 5.74) is 4.98. The van der Waals surface area contributed by atoms with Crippen molar-refractivity contribution in [2.24, 2.45) is 17.1 Å². The molecule has 0 spiro atoms. The van der Waals surface area contributed by atoms with Crippen LogP contribution in [0.15, 0.2) is 0 Å². The van der Waals surface area contributed by atoms with Crippen molar-refractivity contribution in [1.29, 1.82) is 0 Å². The number of hydrogen-bond donors (Lipinski definition) is 3. The molecule has 0 aromatic rings. The summed E-state index contributed by atoms with van der Waals surface area (Å²) >= 11 is 0. The normalized spacial score (nSPS) is 36.1. The summed E-state index contributed by atoms with van der Waals surface area (Å²) in [6.45, 7) is 2.22. The summed E-state index contributed by atoms with van der Waals surface area (Å²) in [5, 5.41) is 18.3. The molecule has 0 radical (unpaired) electrons. The van der Waals surface area contributed by atoms with Gasteiger partial charge in [0.15, 0.2) is 6.10 Å². The van der Waals surface area contributed by atoms with Crippen LogP contribution in [-0.2, 0) is 4.79 Å². The fourth-order valence-electron chi connectivity index (χ4n) is 2.34. The molecule has 0 amide bonds. The first-order valence-corrected chi connectivity index (χ1v) is 4.65. The molecule has 0 aromatic heterocycles. The highest BCUT2D eigenvalue weighted by Gasteiger charge is 2.47. The molecule has 13 heavy (non-hydrogen) atoms. The molecule has 1 aliphatic carbocycles. The topological polar surface area (TPSA) is 83.5 Å². The van der Waals surface area contributed by atoms with Gasteiger partial charge in [-0.15, -0.1) is 0 Å². The fraction of sp³-hybridized carbons (Fsp3) is 0.889. The third kappa shape index (κ3) is 1.56. The zero-order valence-electron chi connectivity index (χ0n) is 7.86. The predicted molar refractivity (Wildman–Crippen MR) is 48.1 cm³/mol. The first kappa shape index (κ1) is 10.5. The number of rotatable bonds is 3. The van der Waals surface area contributed by atoms with Gasteiger partial charge in [0, 0.05) is 12.0 Å². The second-order valence-corrected chi connectivity index (χ2v) is 3.97. The summed E-state index contributed by atoms with van der Waals surface area (Å²) in [4.78, 5) is 10.7. The van der Waals surface area contributed by atoms with E-state index < -0.39 is 17.5 Å². The second-order valence-electron chi connectivity index (χ2n) is 3.97. The van der Waals surface area contributed by atoms with Gasteiger partial charge in [0.1, 0.15) is 0 Å². The average Bonchev–Trinajstić information content (AvgIpc) is 2.46. The minimum atomic E-state index is -1.31. The molecule has 4 N–H and O–H groups in total. The SMILES string of the molecule is CC1CCCC1(CN)C(O)C(=O)O. The van der Waals surface area contributed by atoms with Gasteiger partial charge in [0.05, 0.1) is 0 Å². The monoisotopic (exact) mass is 187 g/mol. The van der Waals surface area contributed by atoms with E-state index in [0.29, 0.717) is 0 Å². The van der Waals surface area contributed by atoms with E-state index in [2.05, 4.69) is 0 Å². The molecule has 0 aromatic carbocycles. The highest BCUT2D eigenvalue weighted by atomic mass is 16.4. The van der Waals surface area contributed by atoms with Crippen molar-refractivity contribution in [2.75, 3.05) is 6.54 Å². The third-order valence-electron chi connectivity index (χ3n) is 3.42. The van der Waals surface area contributed by atoms with E-state index in [9.17, 15) is 9.90 Å². The van der Waals surface area contributed by atoms with E-state index >= 15 is 0 Å². The number of hydrogen-bond acceptors (Lipinski definition) is 3. The Balaban J connectivity index is 2.85. The molecular weight excluding hydrogens is 170 g/mol. The quantitative estimate of drug-likeness (QED) is 0.589. The van der Waals surface area contributed by atoms with Crippen molar-refractivity contribution in [3.05, 3.63) is 0 Å². The molecule has 3 atom stereocenters. The van der Waals surface area contributed by atoms with Crippen LogP contribution in [0, 0.1) is 11.3 Å². The van der Waals surface area contributed by atoms with E-state index in [1.165, 1.54) is 0 Å². The molecule has 0 aliphatic heterocycles. The number of aliphatic carboxylic acids is 1. The van der Waals surface area contributed by atoms with Crippen LogP contribution in [0.25, 0.3) is 0 Å². The van der Waals surface area contributed by atoms with Crippen LogP contribution in [0.4, 0.5) is 0 Å². The lowest BCUT2D eigenvalue weighted by Crippen LogP contribution is -2.47. The van der Waals surface area contributed by atoms with Gasteiger partial charge >= 0.3 is 5.97 Å². The summed E-state index contributed by atoms with van der Waals surface area (Å²) in [6, 6.07) is 0. The summed E-state index contributed by atoms with van der Waals surface area (Å²) < 4.78 is 0. The molecule has 1 rings (SSSR count). The number of nitrogens with two attached hydrogens (primary N) is 1. The van der Waals surface area contributed by atoms with Crippen LogP contribution in [-0.4, -0.2) is 28.8 Å². The Bertz CT molecular complexity index is 207. The molecule has 4 nitrogen and oxygen atoms in total. The molecule has 3 unspecified atom stereocenters. The average molecular weight is 187 g/mol. The summed E-state index contributed by atoms with van der Waals surface area (Å²) in [6.07, 6.45) is 1.33. The van der Waals surface area contributed by atoms with E-state index in [4.69, 9.17) is 10.8 Å². The van der Waals surface area contributed by atoms with Gasteiger partial charge in [-0.05, 0) is 18.8 Å². The molecule has 0 heterocycles. The Hall–Kier alpha value is -0.610. The highest BCUT2D eigenvalue weighted by Crippen LogP contribution is 2.45. The molecule has 0 bridgehead atoms. The lowest BCUT2D eigenvalue weighted by Gasteiger charge is -2.34. The van der Waals surface area contributed by atoms with Crippen molar-refractivity contribution in [1.82, 2.24) is 0 Å². The van der Waals surface area contributed by atoms with Crippen LogP contribution >= 0.6 is 0 Å². The summed E-state index contributed by atoms with van der Waals surface area (Å²) in [7, 11) is 0. The van der Waals surface area contributed by atoms with Crippen molar-refractivity contribution in [3.63, 3.8) is 0 Å². The Labute approximate surface area is 77.7 Å². The zero-order valence-corrected chi connectivity index (χ0v) is 7.86. The van der Waals surface area contributed by atoms with Crippen molar-refractivity contribution in [2.45, 2.75) is 32.3 Å². The Kier molecular flexibility index (Phi) is 2.93. The Morgan fingerprint density at radius 2 is 2.38 bits per heavy atom. The predicted octanol–water partition coefficient (Wildman–Crippen LogP) is 0.197. The van der Waals surface area contributed by atoms with Crippen molar-refractivity contribution >= 4 is 5.97 Å². The van der Waals surface area contributed by atoms with Gasteiger partial charge in [0.2, 0.25) is 0 Å². The first-order valence-electron chi connectivity index (χ1n) is 4.65. The maximum Gasteiger partial charge on any atom is 0.333 e. The minimum Gasteiger partial charge on any atom is -0.479 e. The van der Waals surface area contributed by atoms with E-state index in [-0.39, 0.29) is 12.5 Å². The minimum absolute atomic E-state index is 0.198. The lowest BCUT2D eigenvalue weighted by molar-refractivity contribution is -0.156. The van der Waals surface area contributed by atoms with Gasteiger partial charge in [-0.1, -0.05) is 13.3 Å². The van der Waals surface area contributed by atoms with Crippen LogP contribution in [0.2, 0.25) is 0 Å².